The molecule has 0 aromatic heterocycles. The third kappa shape index (κ3) is 3.32. The first-order chi connectivity index (χ1) is 8.31. The molecule has 0 saturated heterocycles. The second kappa shape index (κ2) is 5.49. The summed E-state index contributed by atoms with van der Waals surface area (Å²) < 4.78 is 0. The molecule has 1 aromatic rings. The molecule has 0 atom stereocenters. The minimum Gasteiger partial charge on any atom is -0.337 e. The Morgan fingerprint density at radius 2 is 2.06 bits per heavy atom. The number of hydrogen-bond acceptors (Lipinski definition) is 2. The molecule has 0 bridgehead atoms. The van der Waals surface area contributed by atoms with Crippen LogP contribution in [0.1, 0.15) is 29.6 Å². The van der Waals surface area contributed by atoms with Crippen molar-refractivity contribution in [3.05, 3.63) is 35.9 Å². The normalized spacial score (nSPS) is 14.1. The lowest BCUT2D eigenvalue weighted by molar-refractivity contribution is 0.0751. The molecule has 0 N–H and O–H groups in total. The van der Waals surface area contributed by atoms with Gasteiger partial charge in [0, 0.05) is 18.7 Å². The van der Waals surface area contributed by atoms with E-state index in [1.165, 1.54) is 12.8 Å². The SMILES string of the molecule is N#CCCN(CC1CC1)C(=O)c1ccccc1. The molecule has 3 heteroatoms. The molecule has 1 aliphatic rings. The third-order valence-electron chi connectivity index (χ3n) is 2.98. The Hall–Kier alpha value is -1.82. The fourth-order valence-electron chi connectivity index (χ4n) is 1.84. The molecule has 1 aliphatic carbocycles. The van der Waals surface area contributed by atoms with Crippen LogP contribution in [0.15, 0.2) is 30.3 Å². The molecular formula is C14H16N2O. The fourth-order valence-corrected chi connectivity index (χ4v) is 1.84. The summed E-state index contributed by atoms with van der Waals surface area (Å²) in [6.45, 7) is 1.34. The number of nitriles is 1. The van der Waals surface area contributed by atoms with Crippen LogP contribution in [0.2, 0.25) is 0 Å². The molecule has 88 valence electrons. The Morgan fingerprint density at radius 3 is 2.65 bits per heavy atom. The van der Waals surface area contributed by atoms with Crippen LogP contribution in [-0.4, -0.2) is 23.9 Å². The Morgan fingerprint density at radius 1 is 1.35 bits per heavy atom. The monoisotopic (exact) mass is 228 g/mol. The molecule has 2 rings (SSSR count). The van der Waals surface area contributed by atoms with Gasteiger partial charge in [0.15, 0.2) is 0 Å². The summed E-state index contributed by atoms with van der Waals surface area (Å²) in [5.74, 6) is 0.703. The van der Waals surface area contributed by atoms with Crippen molar-refractivity contribution >= 4 is 5.91 Å². The van der Waals surface area contributed by atoms with Crippen molar-refractivity contribution in [3.8, 4) is 6.07 Å². The highest BCUT2D eigenvalue weighted by molar-refractivity contribution is 5.94. The van der Waals surface area contributed by atoms with E-state index < -0.39 is 0 Å². The smallest absolute Gasteiger partial charge is 0.253 e. The maximum Gasteiger partial charge on any atom is 0.253 e. The zero-order valence-corrected chi connectivity index (χ0v) is 9.80. The van der Waals surface area contributed by atoms with E-state index in [2.05, 4.69) is 6.07 Å². The number of hydrogen-bond donors (Lipinski definition) is 0. The molecule has 1 fully saturated rings. The Bertz CT molecular complexity index is 418. The van der Waals surface area contributed by atoms with Gasteiger partial charge < -0.3 is 4.90 Å². The summed E-state index contributed by atoms with van der Waals surface area (Å²) >= 11 is 0. The van der Waals surface area contributed by atoms with Gasteiger partial charge in [0.1, 0.15) is 0 Å². The van der Waals surface area contributed by atoms with Gasteiger partial charge in [0.05, 0.1) is 12.5 Å². The lowest BCUT2D eigenvalue weighted by Crippen LogP contribution is -2.33. The Balaban J connectivity index is 2.03. The van der Waals surface area contributed by atoms with Crippen LogP contribution in [0.25, 0.3) is 0 Å². The van der Waals surface area contributed by atoms with Crippen molar-refractivity contribution in [2.75, 3.05) is 13.1 Å². The van der Waals surface area contributed by atoms with E-state index in [-0.39, 0.29) is 5.91 Å². The van der Waals surface area contributed by atoms with Crippen molar-refractivity contribution in [2.45, 2.75) is 19.3 Å². The number of carbonyl (C=O) groups excluding carboxylic acids is 1. The topological polar surface area (TPSA) is 44.1 Å². The minimum absolute atomic E-state index is 0.0488. The zero-order chi connectivity index (χ0) is 12.1. The predicted molar refractivity (Wildman–Crippen MR) is 65.3 cm³/mol. The first-order valence-electron chi connectivity index (χ1n) is 6.02. The maximum atomic E-state index is 12.2. The molecular weight excluding hydrogens is 212 g/mol. The first-order valence-corrected chi connectivity index (χ1v) is 6.02. The van der Waals surface area contributed by atoms with Crippen LogP contribution in [0.3, 0.4) is 0 Å². The summed E-state index contributed by atoms with van der Waals surface area (Å²) in [5.41, 5.74) is 0.714. The van der Waals surface area contributed by atoms with Gasteiger partial charge in [-0.25, -0.2) is 0 Å². The third-order valence-corrected chi connectivity index (χ3v) is 2.98. The average Bonchev–Trinajstić information content (AvgIpc) is 3.18. The Kier molecular flexibility index (Phi) is 3.77. The summed E-state index contributed by atoms with van der Waals surface area (Å²) in [6, 6.07) is 11.4. The van der Waals surface area contributed by atoms with Crippen molar-refractivity contribution in [3.63, 3.8) is 0 Å². The van der Waals surface area contributed by atoms with E-state index in [4.69, 9.17) is 5.26 Å². The van der Waals surface area contributed by atoms with Crippen LogP contribution in [-0.2, 0) is 0 Å². The van der Waals surface area contributed by atoms with Gasteiger partial charge in [0.25, 0.3) is 5.91 Å². The summed E-state index contributed by atoms with van der Waals surface area (Å²) in [6.07, 6.45) is 2.83. The lowest BCUT2D eigenvalue weighted by Gasteiger charge is -2.21. The molecule has 1 amide bonds. The second-order valence-corrected chi connectivity index (χ2v) is 4.47. The van der Waals surface area contributed by atoms with Crippen LogP contribution < -0.4 is 0 Å². The largest absolute Gasteiger partial charge is 0.337 e. The standard InChI is InChI=1S/C14H16N2O/c15-9-4-10-16(11-12-7-8-12)14(17)13-5-2-1-3-6-13/h1-3,5-6,12H,4,7-8,10-11H2. The molecule has 0 spiro atoms. The molecule has 0 unspecified atom stereocenters. The second-order valence-electron chi connectivity index (χ2n) is 4.47. The highest BCUT2D eigenvalue weighted by atomic mass is 16.2. The summed E-state index contributed by atoms with van der Waals surface area (Å²) in [5, 5.41) is 8.63. The van der Waals surface area contributed by atoms with Gasteiger partial charge in [-0.05, 0) is 30.9 Å². The van der Waals surface area contributed by atoms with Crippen LogP contribution in [0, 0.1) is 17.2 Å². The highest BCUT2D eigenvalue weighted by Gasteiger charge is 2.26. The van der Waals surface area contributed by atoms with Gasteiger partial charge in [0.2, 0.25) is 0 Å². The number of carbonyl (C=O) groups is 1. The van der Waals surface area contributed by atoms with E-state index in [9.17, 15) is 4.79 Å². The van der Waals surface area contributed by atoms with Gasteiger partial charge in [-0.1, -0.05) is 18.2 Å². The van der Waals surface area contributed by atoms with E-state index in [0.29, 0.717) is 24.4 Å². The molecule has 0 radical (unpaired) electrons. The Labute approximate surface area is 102 Å². The fraction of sp³-hybridized carbons (Fsp3) is 0.429. The average molecular weight is 228 g/mol. The van der Waals surface area contributed by atoms with E-state index >= 15 is 0 Å². The molecule has 17 heavy (non-hydrogen) atoms. The van der Waals surface area contributed by atoms with Gasteiger partial charge in [-0.2, -0.15) is 5.26 Å². The van der Waals surface area contributed by atoms with Crippen LogP contribution in [0.5, 0.6) is 0 Å². The number of nitrogens with zero attached hydrogens (tertiary/aromatic N) is 2. The van der Waals surface area contributed by atoms with Crippen molar-refractivity contribution in [1.29, 1.82) is 5.26 Å². The number of rotatable bonds is 5. The van der Waals surface area contributed by atoms with Gasteiger partial charge in [-0.15, -0.1) is 0 Å². The van der Waals surface area contributed by atoms with Crippen molar-refractivity contribution in [1.82, 2.24) is 4.90 Å². The maximum absolute atomic E-state index is 12.2. The zero-order valence-electron chi connectivity index (χ0n) is 9.80. The van der Waals surface area contributed by atoms with Crippen LogP contribution in [0.4, 0.5) is 0 Å². The first kappa shape index (κ1) is 11.7. The van der Waals surface area contributed by atoms with Crippen molar-refractivity contribution in [2.24, 2.45) is 5.92 Å². The minimum atomic E-state index is 0.0488. The van der Waals surface area contributed by atoms with Gasteiger partial charge >= 0.3 is 0 Å². The number of amides is 1. The quantitative estimate of drug-likeness (QED) is 0.777. The molecule has 1 saturated carbocycles. The molecule has 0 aliphatic heterocycles. The molecule has 3 nitrogen and oxygen atoms in total. The van der Waals surface area contributed by atoms with Crippen LogP contribution >= 0.6 is 0 Å². The lowest BCUT2D eigenvalue weighted by atomic mass is 10.2. The summed E-state index contributed by atoms with van der Waals surface area (Å²) in [7, 11) is 0. The predicted octanol–water partition coefficient (Wildman–Crippen LogP) is 2.45. The van der Waals surface area contributed by atoms with Crippen molar-refractivity contribution < 1.29 is 4.79 Å². The van der Waals surface area contributed by atoms with E-state index in [0.717, 1.165) is 6.54 Å². The number of benzene rings is 1. The molecule has 0 heterocycles. The van der Waals surface area contributed by atoms with Gasteiger partial charge in [-0.3, -0.25) is 4.79 Å². The van der Waals surface area contributed by atoms with E-state index in [1.54, 1.807) is 0 Å². The molecule has 1 aromatic carbocycles. The summed E-state index contributed by atoms with van der Waals surface area (Å²) in [4.78, 5) is 14.0. The van der Waals surface area contributed by atoms with E-state index in [1.807, 2.05) is 35.2 Å². The highest BCUT2D eigenvalue weighted by Crippen LogP contribution is 2.30.